The number of aryl methyl sites for hydroxylation is 1. The maximum absolute atomic E-state index is 6.59. The van der Waals surface area contributed by atoms with Crippen LogP contribution in [0.5, 0.6) is 0 Å². The van der Waals surface area contributed by atoms with E-state index in [0.29, 0.717) is 10.9 Å². The van der Waals surface area contributed by atoms with E-state index in [1.807, 2.05) is 12.1 Å². The van der Waals surface area contributed by atoms with Crippen LogP contribution in [0, 0.1) is 0 Å². The van der Waals surface area contributed by atoms with Gasteiger partial charge < -0.3 is 0 Å². The summed E-state index contributed by atoms with van der Waals surface area (Å²) in [6.07, 6.45) is 3.45. The molecule has 0 bridgehead atoms. The standard InChI is InChI=1S/C24H18Cl2/c25-17-10-13-20(23(26)14-17)21-7-3-5-16-9-11-19-18-6-2-1-4-15(18)8-12-22(19)24(16)21/h1-2,4,6,8-14,21H,3,5,7H2. The van der Waals surface area contributed by atoms with Crippen LogP contribution < -0.4 is 0 Å². The highest BCUT2D eigenvalue weighted by atomic mass is 35.5. The summed E-state index contributed by atoms with van der Waals surface area (Å²) in [6, 6.07) is 23.7. The molecule has 0 heterocycles. The number of benzene rings is 4. The predicted molar refractivity (Wildman–Crippen MR) is 113 cm³/mol. The van der Waals surface area contributed by atoms with E-state index in [1.165, 1.54) is 44.7 Å². The van der Waals surface area contributed by atoms with Crippen LogP contribution in [0.1, 0.15) is 35.4 Å². The Labute approximate surface area is 163 Å². The zero-order chi connectivity index (χ0) is 17.7. The van der Waals surface area contributed by atoms with Crippen molar-refractivity contribution < 1.29 is 0 Å². The van der Waals surface area contributed by atoms with Crippen LogP contribution in [-0.4, -0.2) is 0 Å². The van der Waals surface area contributed by atoms with Gasteiger partial charge in [0.1, 0.15) is 0 Å². The molecule has 0 saturated carbocycles. The Bertz CT molecular complexity index is 1140. The van der Waals surface area contributed by atoms with E-state index in [-0.39, 0.29) is 0 Å². The summed E-state index contributed by atoms with van der Waals surface area (Å²) >= 11 is 12.7. The molecular formula is C24H18Cl2. The summed E-state index contributed by atoms with van der Waals surface area (Å²) in [6.45, 7) is 0. The summed E-state index contributed by atoms with van der Waals surface area (Å²) < 4.78 is 0. The Morgan fingerprint density at radius 1 is 0.769 bits per heavy atom. The van der Waals surface area contributed by atoms with Gasteiger partial charge >= 0.3 is 0 Å². The van der Waals surface area contributed by atoms with Gasteiger partial charge in [-0.15, -0.1) is 0 Å². The monoisotopic (exact) mass is 376 g/mol. The molecule has 0 nitrogen and oxygen atoms in total. The molecule has 4 aromatic carbocycles. The largest absolute Gasteiger partial charge is 0.0843 e. The van der Waals surface area contributed by atoms with Gasteiger partial charge in [0.2, 0.25) is 0 Å². The number of halogens is 2. The van der Waals surface area contributed by atoms with E-state index in [2.05, 4.69) is 54.6 Å². The molecule has 0 radical (unpaired) electrons. The lowest BCUT2D eigenvalue weighted by atomic mass is 9.76. The first kappa shape index (κ1) is 16.2. The van der Waals surface area contributed by atoms with Gasteiger partial charge in [0.05, 0.1) is 0 Å². The fourth-order valence-electron chi connectivity index (χ4n) is 4.52. The van der Waals surface area contributed by atoms with E-state index in [1.54, 1.807) is 0 Å². The molecule has 4 aromatic rings. The van der Waals surface area contributed by atoms with Gasteiger partial charge in [-0.25, -0.2) is 0 Å². The van der Waals surface area contributed by atoms with Crippen molar-refractivity contribution in [1.29, 1.82) is 0 Å². The van der Waals surface area contributed by atoms with Crippen LogP contribution in [-0.2, 0) is 6.42 Å². The van der Waals surface area contributed by atoms with Gasteiger partial charge in [-0.05, 0) is 69.6 Å². The van der Waals surface area contributed by atoms with Crippen molar-refractivity contribution >= 4 is 44.7 Å². The Kier molecular flexibility index (Phi) is 3.92. The van der Waals surface area contributed by atoms with E-state index in [4.69, 9.17) is 23.2 Å². The van der Waals surface area contributed by atoms with Crippen LogP contribution in [0.15, 0.2) is 66.7 Å². The van der Waals surface area contributed by atoms with Crippen molar-refractivity contribution in [2.24, 2.45) is 0 Å². The Morgan fingerprint density at radius 2 is 1.62 bits per heavy atom. The molecule has 26 heavy (non-hydrogen) atoms. The number of rotatable bonds is 1. The summed E-state index contributed by atoms with van der Waals surface area (Å²) in [5.74, 6) is 0.327. The third-order valence-corrected chi connectivity index (χ3v) is 6.25. The molecule has 0 spiro atoms. The molecular weight excluding hydrogens is 359 g/mol. The maximum atomic E-state index is 6.59. The minimum atomic E-state index is 0.327. The second-order valence-electron chi connectivity index (χ2n) is 7.13. The average molecular weight is 377 g/mol. The Hall–Kier alpha value is -2.02. The molecule has 2 heteroatoms. The molecule has 5 rings (SSSR count). The van der Waals surface area contributed by atoms with Crippen LogP contribution >= 0.6 is 23.2 Å². The molecule has 128 valence electrons. The van der Waals surface area contributed by atoms with Gasteiger partial charge in [0.15, 0.2) is 0 Å². The molecule has 0 aliphatic heterocycles. The highest BCUT2D eigenvalue weighted by molar-refractivity contribution is 6.35. The molecule has 1 atom stereocenters. The van der Waals surface area contributed by atoms with Crippen LogP contribution in [0.3, 0.4) is 0 Å². The zero-order valence-corrected chi connectivity index (χ0v) is 15.8. The molecule has 0 saturated heterocycles. The van der Waals surface area contributed by atoms with Gasteiger partial charge in [-0.2, -0.15) is 0 Å². The van der Waals surface area contributed by atoms with E-state index >= 15 is 0 Å². The summed E-state index contributed by atoms with van der Waals surface area (Å²) in [4.78, 5) is 0. The zero-order valence-electron chi connectivity index (χ0n) is 14.3. The van der Waals surface area contributed by atoms with Crippen LogP contribution in [0.2, 0.25) is 10.0 Å². The van der Waals surface area contributed by atoms with E-state index in [9.17, 15) is 0 Å². The third kappa shape index (κ3) is 2.52. The number of hydrogen-bond acceptors (Lipinski definition) is 0. The quantitative estimate of drug-likeness (QED) is 0.297. The SMILES string of the molecule is Clc1ccc(C2CCCc3ccc4c(ccc5ccccc54)c32)c(Cl)c1. The van der Waals surface area contributed by atoms with Crippen molar-refractivity contribution in [2.75, 3.05) is 0 Å². The highest BCUT2D eigenvalue weighted by Gasteiger charge is 2.26. The van der Waals surface area contributed by atoms with Gasteiger partial charge in [-0.1, -0.05) is 77.8 Å². The normalized spacial score (nSPS) is 16.8. The highest BCUT2D eigenvalue weighted by Crippen LogP contribution is 2.44. The molecule has 0 fully saturated rings. The molecule has 0 amide bonds. The fourth-order valence-corrected chi connectivity index (χ4v) is 5.06. The van der Waals surface area contributed by atoms with Gasteiger partial charge in [-0.3, -0.25) is 0 Å². The minimum Gasteiger partial charge on any atom is -0.0843 e. The van der Waals surface area contributed by atoms with E-state index in [0.717, 1.165) is 17.9 Å². The summed E-state index contributed by atoms with van der Waals surface area (Å²) in [5, 5.41) is 6.76. The smallest absolute Gasteiger partial charge is 0.0459 e. The molecule has 1 aliphatic rings. The van der Waals surface area contributed by atoms with E-state index < -0.39 is 0 Å². The first-order chi connectivity index (χ1) is 12.7. The van der Waals surface area contributed by atoms with Gasteiger partial charge in [0.25, 0.3) is 0 Å². The Balaban J connectivity index is 1.81. The lowest BCUT2D eigenvalue weighted by molar-refractivity contribution is 0.620. The summed E-state index contributed by atoms with van der Waals surface area (Å²) in [5.41, 5.74) is 4.09. The lowest BCUT2D eigenvalue weighted by Gasteiger charge is -2.28. The molecule has 1 unspecified atom stereocenters. The average Bonchev–Trinajstić information content (AvgIpc) is 2.67. The van der Waals surface area contributed by atoms with Crippen LogP contribution in [0.25, 0.3) is 21.5 Å². The van der Waals surface area contributed by atoms with Crippen molar-refractivity contribution in [3.8, 4) is 0 Å². The topological polar surface area (TPSA) is 0 Å². The first-order valence-corrected chi connectivity index (χ1v) is 9.86. The maximum Gasteiger partial charge on any atom is 0.0459 e. The van der Waals surface area contributed by atoms with Crippen molar-refractivity contribution in [2.45, 2.75) is 25.2 Å². The number of fused-ring (bicyclic) bond motifs is 5. The minimum absolute atomic E-state index is 0.327. The van der Waals surface area contributed by atoms with Crippen LogP contribution in [0.4, 0.5) is 0 Å². The fraction of sp³-hybridized carbons (Fsp3) is 0.167. The summed E-state index contributed by atoms with van der Waals surface area (Å²) in [7, 11) is 0. The number of hydrogen-bond donors (Lipinski definition) is 0. The molecule has 1 aliphatic carbocycles. The molecule has 0 N–H and O–H groups in total. The molecule has 0 aromatic heterocycles. The van der Waals surface area contributed by atoms with Gasteiger partial charge in [0, 0.05) is 16.0 Å². The lowest BCUT2D eigenvalue weighted by Crippen LogP contribution is -2.12. The van der Waals surface area contributed by atoms with Crippen molar-refractivity contribution in [3.63, 3.8) is 0 Å². The third-order valence-electron chi connectivity index (χ3n) is 5.68. The first-order valence-electron chi connectivity index (χ1n) is 9.10. The predicted octanol–water partition coefficient (Wildman–Crippen LogP) is 7.77. The van der Waals surface area contributed by atoms with Crippen molar-refractivity contribution in [3.05, 3.63) is 93.5 Å². The Morgan fingerprint density at radius 3 is 2.50 bits per heavy atom. The second-order valence-corrected chi connectivity index (χ2v) is 7.97. The van der Waals surface area contributed by atoms with Crippen molar-refractivity contribution in [1.82, 2.24) is 0 Å². The second kappa shape index (κ2) is 6.30.